The Morgan fingerprint density at radius 2 is 1.86 bits per heavy atom. The summed E-state index contributed by atoms with van der Waals surface area (Å²) in [5.41, 5.74) is 3.07. The van der Waals surface area contributed by atoms with Crippen molar-refractivity contribution in [1.82, 2.24) is 25.4 Å². The third kappa shape index (κ3) is 5.94. The van der Waals surface area contributed by atoms with E-state index in [-0.39, 0.29) is 11.9 Å². The smallest absolute Gasteiger partial charge is 0.251 e. The van der Waals surface area contributed by atoms with Crippen molar-refractivity contribution in [2.24, 2.45) is 0 Å². The molecule has 1 unspecified atom stereocenters. The van der Waals surface area contributed by atoms with Gasteiger partial charge in [0.25, 0.3) is 5.91 Å². The number of hydrogen-bond acceptors (Lipinski definition) is 5. The molecule has 146 valence electrons. The Balaban J connectivity index is 1.51. The zero-order chi connectivity index (χ0) is 19.8. The van der Waals surface area contributed by atoms with Crippen LogP contribution in [0.15, 0.2) is 66.1 Å². The Labute approximate surface area is 169 Å². The maximum Gasteiger partial charge on any atom is 0.251 e. The van der Waals surface area contributed by atoms with Gasteiger partial charge in [-0.05, 0) is 43.8 Å². The second-order valence-corrected chi connectivity index (χ2v) is 7.76. The van der Waals surface area contributed by atoms with Crippen molar-refractivity contribution in [3.63, 3.8) is 0 Å². The fourth-order valence-corrected chi connectivity index (χ4v) is 3.54. The Hall–Kier alpha value is -2.64. The molecule has 3 rings (SSSR count). The zero-order valence-electron chi connectivity index (χ0n) is 16.1. The van der Waals surface area contributed by atoms with E-state index in [1.807, 2.05) is 56.6 Å². The Morgan fingerprint density at radius 1 is 1.11 bits per heavy atom. The topological polar surface area (TPSA) is 73.9 Å². The van der Waals surface area contributed by atoms with E-state index >= 15 is 0 Å². The van der Waals surface area contributed by atoms with Crippen molar-refractivity contribution >= 4 is 17.7 Å². The standard InChI is InChI=1S/C21H25N5OS/c1-26(2)19(12-16-6-4-3-5-7-16)13-22-20(27)18-10-8-17(9-11-18)14-28-21-23-15-24-25-21/h3-11,15,19H,12-14H2,1-2H3,(H,22,27)(H,23,24,25). The number of carbonyl (C=O) groups is 1. The van der Waals surface area contributed by atoms with Gasteiger partial charge in [-0.1, -0.05) is 54.2 Å². The number of aromatic nitrogens is 3. The molecular weight excluding hydrogens is 370 g/mol. The molecule has 1 heterocycles. The summed E-state index contributed by atoms with van der Waals surface area (Å²) in [6.07, 6.45) is 2.39. The lowest BCUT2D eigenvalue weighted by Crippen LogP contribution is -2.41. The van der Waals surface area contributed by atoms with Crippen molar-refractivity contribution in [3.05, 3.63) is 77.6 Å². The molecule has 3 aromatic rings. The number of likely N-dealkylation sites (N-methyl/N-ethyl adjacent to an activating group) is 1. The lowest BCUT2D eigenvalue weighted by molar-refractivity contribution is 0.0941. The van der Waals surface area contributed by atoms with E-state index in [0.29, 0.717) is 12.1 Å². The number of thioether (sulfide) groups is 1. The first-order chi connectivity index (χ1) is 13.6. The Morgan fingerprint density at radius 3 is 2.50 bits per heavy atom. The molecule has 1 aromatic heterocycles. The quantitative estimate of drug-likeness (QED) is 0.545. The number of nitrogens with zero attached hydrogens (tertiary/aromatic N) is 3. The highest BCUT2D eigenvalue weighted by atomic mass is 32.2. The molecule has 0 saturated heterocycles. The van der Waals surface area contributed by atoms with Crippen LogP contribution in [-0.4, -0.2) is 52.7 Å². The molecule has 2 N–H and O–H groups in total. The van der Waals surface area contributed by atoms with Crippen LogP contribution in [0.4, 0.5) is 0 Å². The number of rotatable bonds is 9. The summed E-state index contributed by atoms with van der Waals surface area (Å²) in [5, 5.41) is 10.5. The van der Waals surface area contributed by atoms with Crippen molar-refractivity contribution < 1.29 is 4.79 Å². The molecule has 0 bridgehead atoms. The maximum atomic E-state index is 12.5. The third-order valence-electron chi connectivity index (χ3n) is 4.53. The number of amides is 1. The van der Waals surface area contributed by atoms with E-state index in [1.54, 1.807) is 11.8 Å². The summed E-state index contributed by atoms with van der Waals surface area (Å²) < 4.78 is 0. The minimum Gasteiger partial charge on any atom is -0.350 e. The molecule has 0 fully saturated rings. The van der Waals surface area contributed by atoms with Gasteiger partial charge < -0.3 is 10.2 Å². The fraction of sp³-hybridized carbons (Fsp3) is 0.286. The summed E-state index contributed by atoms with van der Waals surface area (Å²) in [4.78, 5) is 18.8. The summed E-state index contributed by atoms with van der Waals surface area (Å²) in [7, 11) is 4.08. The monoisotopic (exact) mass is 395 g/mol. The van der Waals surface area contributed by atoms with Gasteiger partial charge in [-0.15, -0.1) is 0 Å². The normalized spacial score (nSPS) is 12.1. The molecule has 7 heteroatoms. The van der Waals surface area contributed by atoms with E-state index in [2.05, 4.69) is 37.5 Å². The predicted molar refractivity (Wildman–Crippen MR) is 112 cm³/mol. The van der Waals surface area contributed by atoms with Gasteiger partial charge in [0.15, 0.2) is 5.16 Å². The SMILES string of the molecule is CN(C)C(CNC(=O)c1ccc(CSc2ncn[nH]2)cc1)Cc1ccccc1. The predicted octanol–water partition coefficient (Wildman–Crippen LogP) is 3.00. The lowest BCUT2D eigenvalue weighted by atomic mass is 10.0. The van der Waals surface area contributed by atoms with Crippen LogP contribution in [-0.2, 0) is 12.2 Å². The van der Waals surface area contributed by atoms with E-state index in [1.165, 1.54) is 11.9 Å². The Bertz CT molecular complexity index is 850. The van der Waals surface area contributed by atoms with Crippen LogP contribution < -0.4 is 5.32 Å². The molecule has 28 heavy (non-hydrogen) atoms. The molecule has 6 nitrogen and oxygen atoms in total. The minimum atomic E-state index is -0.0469. The van der Waals surface area contributed by atoms with Crippen molar-refractivity contribution in [1.29, 1.82) is 0 Å². The van der Waals surface area contributed by atoms with E-state index in [9.17, 15) is 4.79 Å². The van der Waals surface area contributed by atoms with Gasteiger partial charge in [-0.3, -0.25) is 9.89 Å². The fourth-order valence-electron chi connectivity index (χ4n) is 2.80. The van der Waals surface area contributed by atoms with Crippen molar-refractivity contribution in [2.45, 2.75) is 23.4 Å². The van der Waals surface area contributed by atoms with Crippen LogP contribution in [0.1, 0.15) is 21.5 Å². The maximum absolute atomic E-state index is 12.5. The summed E-state index contributed by atoms with van der Waals surface area (Å²) in [6, 6.07) is 18.3. The highest BCUT2D eigenvalue weighted by Crippen LogP contribution is 2.18. The molecule has 0 aliphatic carbocycles. The molecule has 0 saturated carbocycles. The zero-order valence-corrected chi connectivity index (χ0v) is 16.9. The number of aromatic amines is 1. The number of hydrogen-bond donors (Lipinski definition) is 2. The molecular formula is C21H25N5OS. The van der Waals surface area contributed by atoms with Crippen LogP contribution >= 0.6 is 11.8 Å². The first kappa shape index (κ1) is 20.1. The van der Waals surface area contributed by atoms with Gasteiger partial charge in [-0.2, -0.15) is 5.10 Å². The lowest BCUT2D eigenvalue weighted by Gasteiger charge is -2.24. The molecule has 0 aliphatic rings. The number of benzene rings is 2. The highest BCUT2D eigenvalue weighted by Gasteiger charge is 2.14. The molecule has 0 radical (unpaired) electrons. The van der Waals surface area contributed by atoms with Gasteiger partial charge in [0.05, 0.1) is 0 Å². The minimum absolute atomic E-state index is 0.0469. The average molecular weight is 396 g/mol. The largest absolute Gasteiger partial charge is 0.350 e. The van der Waals surface area contributed by atoms with E-state index in [0.717, 1.165) is 22.9 Å². The van der Waals surface area contributed by atoms with Gasteiger partial charge in [0.2, 0.25) is 0 Å². The molecule has 1 atom stereocenters. The molecule has 0 spiro atoms. The number of carbonyl (C=O) groups excluding carboxylic acids is 1. The summed E-state index contributed by atoms with van der Waals surface area (Å²) in [6.45, 7) is 0.601. The van der Waals surface area contributed by atoms with E-state index < -0.39 is 0 Å². The van der Waals surface area contributed by atoms with Gasteiger partial charge >= 0.3 is 0 Å². The average Bonchev–Trinajstić information content (AvgIpc) is 3.24. The van der Waals surface area contributed by atoms with Crippen LogP contribution in [0.3, 0.4) is 0 Å². The second kappa shape index (κ2) is 10.1. The highest BCUT2D eigenvalue weighted by molar-refractivity contribution is 7.98. The molecule has 1 amide bonds. The van der Waals surface area contributed by atoms with Gasteiger partial charge in [0, 0.05) is 23.9 Å². The summed E-state index contributed by atoms with van der Waals surface area (Å²) >= 11 is 1.58. The Kier molecular flexibility index (Phi) is 7.22. The van der Waals surface area contributed by atoms with E-state index in [4.69, 9.17) is 0 Å². The van der Waals surface area contributed by atoms with Crippen LogP contribution in [0, 0.1) is 0 Å². The van der Waals surface area contributed by atoms with Gasteiger partial charge in [0.1, 0.15) is 6.33 Å². The first-order valence-electron chi connectivity index (χ1n) is 9.17. The van der Waals surface area contributed by atoms with Gasteiger partial charge in [-0.25, -0.2) is 4.98 Å². The number of nitrogens with one attached hydrogen (secondary N) is 2. The molecule has 2 aromatic carbocycles. The summed E-state index contributed by atoms with van der Waals surface area (Å²) in [5.74, 6) is 0.728. The van der Waals surface area contributed by atoms with Crippen molar-refractivity contribution in [3.8, 4) is 0 Å². The van der Waals surface area contributed by atoms with Crippen LogP contribution in [0.2, 0.25) is 0 Å². The van der Waals surface area contributed by atoms with Crippen LogP contribution in [0.5, 0.6) is 0 Å². The number of H-pyrrole nitrogens is 1. The third-order valence-corrected chi connectivity index (χ3v) is 5.48. The second-order valence-electron chi connectivity index (χ2n) is 6.79. The first-order valence-corrected chi connectivity index (χ1v) is 10.2. The molecule has 0 aliphatic heterocycles. The van der Waals surface area contributed by atoms with Crippen LogP contribution in [0.25, 0.3) is 0 Å². The van der Waals surface area contributed by atoms with Crippen molar-refractivity contribution in [2.75, 3.05) is 20.6 Å².